The molecule has 0 heterocycles. The van der Waals surface area contributed by atoms with Crippen molar-refractivity contribution in [3.8, 4) is 0 Å². The molecular formula is C15H23NO4S. The second-order valence-electron chi connectivity index (χ2n) is 5.72. The fraction of sp³-hybridized carbons (Fsp3) is 0.533. The fourth-order valence-electron chi connectivity index (χ4n) is 2.12. The van der Waals surface area contributed by atoms with Crippen LogP contribution in [0.4, 0.5) is 0 Å². The Labute approximate surface area is 126 Å². The molecule has 0 saturated heterocycles. The molecule has 0 amide bonds. The smallest absolute Gasteiger partial charge is 0.307 e. The van der Waals surface area contributed by atoms with Gasteiger partial charge in [-0.3, -0.25) is 4.79 Å². The number of carboxylic acids is 1. The maximum absolute atomic E-state index is 11.5. The maximum atomic E-state index is 11.5. The van der Waals surface area contributed by atoms with E-state index in [0.717, 1.165) is 5.56 Å². The number of carboxylic acid groups (broad SMARTS) is 1. The number of nitrogens with one attached hydrogen (secondary N) is 1. The molecule has 0 fully saturated rings. The molecule has 0 bridgehead atoms. The van der Waals surface area contributed by atoms with Gasteiger partial charge < -0.3 is 10.4 Å². The molecule has 1 aromatic carbocycles. The number of benzene rings is 1. The molecule has 1 atom stereocenters. The minimum Gasteiger partial charge on any atom is -0.481 e. The van der Waals surface area contributed by atoms with Gasteiger partial charge in [-0.1, -0.05) is 26.0 Å². The van der Waals surface area contributed by atoms with E-state index in [1.54, 1.807) is 18.2 Å². The van der Waals surface area contributed by atoms with Gasteiger partial charge in [-0.15, -0.1) is 0 Å². The minimum absolute atomic E-state index is 0.277. The predicted octanol–water partition coefficient (Wildman–Crippen LogP) is 1.93. The molecule has 1 aromatic rings. The normalized spacial score (nSPS) is 13.3. The SMILES string of the molecule is CC(C)CC(CNCc1cccc(S(C)(=O)=O)c1)C(=O)O. The van der Waals surface area contributed by atoms with Gasteiger partial charge in [-0.2, -0.15) is 0 Å². The largest absolute Gasteiger partial charge is 0.481 e. The summed E-state index contributed by atoms with van der Waals surface area (Å²) in [5, 5.41) is 12.2. The third kappa shape index (κ3) is 6.27. The zero-order valence-electron chi connectivity index (χ0n) is 12.7. The number of carbonyl (C=O) groups is 1. The van der Waals surface area contributed by atoms with Crippen molar-refractivity contribution in [2.75, 3.05) is 12.8 Å². The average Bonchev–Trinajstić information content (AvgIpc) is 2.36. The summed E-state index contributed by atoms with van der Waals surface area (Å²) in [6.45, 7) is 4.80. The Morgan fingerprint density at radius 2 is 2.00 bits per heavy atom. The van der Waals surface area contributed by atoms with Crippen molar-refractivity contribution < 1.29 is 18.3 Å². The van der Waals surface area contributed by atoms with E-state index in [0.29, 0.717) is 25.4 Å². The highest BCUT2D eigenvalue weighted by Gasteiger charge is 2.18. The van der Waals surface area contributed by atoms with E-state index < -0.39 is 21.7 Å². The molecule has 0 spiro atoms. The first-order chi connectivity index (χ1) is 9.70. The van der Waals surface area contributed by atoms with Gasteiger partial charge in [0.25, 0.3) is 0 Å². The Kier molecular flexibility index (Phi) is 6.36. The molecule has 0 aromatic heterocycles. The second-order valence-corrected chi connectivity index (χ2v) is 7.73. The van der Waals surface area contributed by atoms with Gasteiger partial charge in [-0.05, 0) is 30.0 Å². The van der Waals surface area contributed by atoms with Gasteiger partial charge in [0.2, 0.25) is 0 Å². The molecule has 0 aliphatic heterocycles. The van der Waals surface area contributed by atoms with Crippen molar-refractivity contribution in [1.29, 1.82) is 0 Å². The Bertz CT molecular complexity index is 581. The zero-order chi connectivity index (χ0) is 16.0. The van der Waals surface area contributed by atoms with Crippen LogP contribution in [-0.2, 0) is 21.2 Å². The van der Waals surface area contributed by atoms with E-state index in [4.69, 9.17) is 5.11 Å². The number of aliphatic carboxylic acids is 1. The minimum atomic E-state index is -3.22. The van der Waals surface area contributed by atoms with Crippen molar-refractivity contribution in [3.05, 3.63) is 29.8 Å². The Hall–Kier alpha value is -1.40. The topological polar surface area (TPSA) is 83.5 Å². The lowest BCUT2D eigenvalue weighted by atomic mass is 9.97. The Morgan fingerprint density at radius 3 is 2.52 bits per heavy atom. The fourth-order valence-corrected chi connectivity index (χ4v) is 2.81. The number of rotatable bonds is 8. The summed E-state index contributed by atoms with van der Waals surface area (Å²) in [4.78, 5) is 11.4. The third-order valence-corrected chi connectivity index (χ3v) is 4.26. The van der Waals surface area contributed by atoms with Gasteiger partial charge in [0, 0.05) is 19.3 Å². The van der Waals surface area contributed by atoms with E-state index in [2.05, 4.69) is 5.32 Å². The summed E-state index contributed by atoms with van der Waals surface area (Å²) in [6, 6.07) is 6.67. The molecule has 0 saturated carbocycles. The number of hydrogen-bond acceptors (Lipinski definition) is 4. The summed E-state index contributed by atoms with van der Waals surface area (Å²) < 4.78 is 23.0. The first kappa shape index (κ1) is 17.7. The molecule has 1 rings (SSSR count). The van der Waals surface area contributed by atoms with Gasteiger partial charge >= 0.3 is 5.97 Å². The highest BCUT2D eigenvalue weighted by atomic mass is 32.2. The van der Waals surface area contributed by atoms with Crippen molar-refractivity contribution in [2.45, 2.75) is 31.7 Å². The van der Waals surface area contributed by atoms with Crippen molar-refractivity contribution >= 4 is 15.8 Å². The van der Waals surface area contributed by atoms with Crippen molar-refractivity contribution in [2.24, 2.45) is 11.8 Å². The first-order valence-electron chi connectivity index (χ1n) is 6.92. The van der Waals surface area contributed by atoms with Crippen LogP contribution in [0, 0.1) is 11.8 Å². The monoisotopic (exact) mass is 313 g/mol. The Morgan fingerprint density at radius 1 is 1.33 bits per heavy atom. The second kappa shape index (κ2) is 7.56. The molecule has 0 radical (unpaired) electrons. The van der Waals surface area contributed by atoms with Crippen LogP contribution in [0.3, 0.4) is 0 Å². The summed E-state index contributed by atoms with van der Waals surface area (Å²) in [6.07, 6.45) is 1.79. The highest BCUT2D eigenvalue weighted by molar-refractivity contribution is 7.90. The Balaban J connectivity index is 2.61. The van der Waals surface area contributed by atoms with Crippen LogP contribution in [0.15, 0.2) is 29.2 Å². The summed E-state index contributed by atoms with van der Waals surface area (Å²) in [7, 11) is -3.22. The van der Waals surface area contributed by atoms with Crippen LogP contribution >= 0.6 is 0 Å². The van der Waals surface area contributed by atoms with Crippen LogP contribution < -0.4 is 5.32 Å². The van der Waals surface area contributed by atoms with Crippen LogP contribution in [-0.4, -0.2) is 32.3 Å². The van der Waals surface area contributed by atoms with Gasteiger partial charge in [0.05, 0.1) is 10.8 Å². The summed E-state index contributed by atoms with van der Waals surface area (Å²) in [5.41, 5.74) is 0.826. The van der Waals surface area contributed by atoms with E-state index in [-0.39, 0.29) is 4.90 Å². The van der Waals surface area contributed by atoms with E-state index in [1.807, 2.05) is 19.9 Å². The lowest BCUT2D eigenvalue weighted by Crippen LogP contribution is -2.29. The van der Waals surface area contributed by atoms with Gasteiger partial charge in [0.15, 0.2) is 9.84 Å². The standard InChI is InChI=1S/C15H23NO4S/c1-11(2)7-13(15(17)18)10-16-9-12-5-4-6-14(8-12)21(3,19)20/h4-6,8,11,13,16H,7,9-10H2,1-3H3,(H,17,18). The molecule has 2 N–H and O–H groups in total. The first-order valence-corrected chi connectivity index (χ1v) is 8.81. The molecule has 1 unspecified atom stereocenters. The van der Waals surface area contributed by atoms with E-state index in [1.165, 1.54) is 6.26 Å². The lowest BCUT2D eigenvalue weighted by Gasteiger charge is -2.15. The highest BCUT2D eigenvalue weighted by Crippen LogP contribution is 2.13. The van der Waals surface area contributed by atoms with Crippen LogP contribution in [0.2, 0.25) is 0 Å². The molecule has 6 heteroatoms. The molecule has 21 heavy (non-hydrogen) atoms. The average molecular weight is 313 g/mol. The third-order valence-electron chi connectivity index (χ3n) is 3.15. The lowest BCUT2D eigenvalue weighted by molar-refractivity contribution is -0.142. The summed E-state index contributed by atoms with van der Waals surface area (Å²) in [5.74, 6) is -0.911. The van der Waals surface area contributed by atoms with Gasteiger partial charge in [0.1, 0.15) is 0 Å². The molecular weight excluding hydrogens is 290 g/mol. The molecule has 0 aliphatic rings. The van der Waals surface area contributed by atoms with Crippen LogP contribution in [0.5, 0.6) is 0 Å². The van der Waals surface area contributed by atoms with Crippen molar-refractivity contribution in [1.82, 2.24) is 5.32 Å². The van der Waals surface area contributed by atoms with Crippen molar-refractivity contribution in [3.63, 3.8) is 0 Å². The van der Waals surface area contributed by atoms with Crippen LogP contribution in [0.1, 0.15) is 25.8 Å². The quantitative estimate of drug-likeness (QED) is 0.766. The number of hydrogen-bond donors (Lipinski definition) is 2. The predicted molar refractivity (Wildman–Crippen MR) is 81.8 cm³/mol. The number of sulfone groups is 1. The van der Waals surface area contributed by atoms with E-state index >= 15 is 0 Å². The van der Waals surface area contributed by atoms with Crippen LogP contribution in [0.25, 0.3) is 0 Å². The van der Waals surface area contributed by atoms with E-state index in [9.17, 15) is 13.2 Å². The zero-order valence-corrected chi connectivity index (χ0v) is 13.5. The molecule has 5 nitrogen and oxygen atoms in total. The molecule has 118 valence electrons. The maximum Gasteiger partial charge on any atom is 0.307 e. The summed E-state index contributed by atoms with van der Waals surface area (Å²) >= 11 is 0. The molecule has 0 aliphatic carbocycles. The van der Waals surface area contributed by atoms with Gasteiger partial charge in [-0.25, -0.2) is 8.42 Å².